The van der Waals surface area contributed by atoms with Gasteiger partial charge in [-0.15, -0.1) is 0 Å². The van der Waals surface area contributed by atoms with Gasteiger partial charge in [0, 0.05) is 12.5 Å². The molecule has 1 aromatic rings. The second-order valence-electron chi connectivity index (χ2n) is 3.82. The van der Waals surface area contributed by atoms with Crippen molar-refractivity contribution < 1.29 is 19.4 Å². The van der Waals surface area contributed by atoms with Crippen LogP contribution in [0.5, 0.6) is 5.75 Å². The third-order valence-corrected chi connectivity index (χ3v) is 2.62. The molecule has 0 aliphatic carbocycles. The van der Waals surface area contributed by atoms with Crippen molar-refractivity contribution in [1.82, 2.24) is 0 Å². The smallest absolute Gasteiger partial charge is 0.341 e. The highest BCUT2D eigenvalue weighted by molar-refractivity contribution is 5.68. The molecule has 0 bridgehead atoms. The van der Waals surface area contributed by atoms with Gasteiger partial charge in [0.15, 0.2) is 6.61 Å². The van der Waals surface area contributed by atoms with Crippen LogP contribution in [0.3, 0.4) is 0 Å². The normalized spacial score (nSPS) is 19.6. The maximum absolute atomic E-state index is 10.4. The van der Waals surface area contributed by atoms with Gasteiger partial charge in [-0.1, -0.05) is 12.1 Å². The highest BCUT2D eigenvalue weighted by Gasteiger charge is 2.17. The lowest BCUT2D eigenvalue weighted by atomic mass is 9.98. The topological polar surface area (TPSA) is 55.8 Å². The summed E-state index contributed by atoms with van der Waals surface area (Å²) in [4.78, 5) is 10.4. The molecule has 0 saturated carbocycles. The minimum atomic E-state index is -0.963. The SMILES string of the molecule is O=C(O)COc1cccc(C2CCOC2)c1. The fraction of sp³-hybridized carbons (Fsp3) is 0.417. The van der Waals surface area contributed by atoms with Gasteiger partial charge >= 0.3 is 5.97 Å². The van der Waals surface area contributed by atoms with Crippen LogP contribution in [0.25, 0.3) is 0 Å². The molecule has 0 aromatic heterocycles. The predicted molar refractivity (Wildman–Crippen MR) is 57.7 cm³/mol. The van der Waals surface area contributed by atoms with E-state index < -0.39 is 5.97 Å². The summed E-state index contributed by atoms with van der Waals surface area (Å²) >= 11 is 0. The lowest BCUT2D eigenvalue weighted by molar-refractivity contribution is -0.139. The van der Waals surface area contributed by atoms with E-state index in [0.717, 1.165) is 25.2 Å². The molecule has 1 N–H and O–H groups in total. The molecule has 1 aromatic carbocycles. The van der Waals surface area contributed by atoms with E-state index in [0.29, 0.717) is 11.7 Å². The number of carboxylic acids is 1. The van der Waals surface area contributed by atoms with Gasteiger partial charge in [-0.25, -0.2) is 4.79 Å². The first-order valence-electron chi connectivity index (χ1n) is 5.28. The van der Waals surface area contributed by atoms with Gasteiger partial charge in [-0.3, -0.25) is 0 Å². The van der Waals surface area contributed by atoms with Crippen LogP contribution < -0.4 is 4.74 Å². The molecule has 4 nitrogen and oxygen atoms in total. The highest BCUT2D eigenvalue weighted by atomic mass is 16.5. The fourth-order valence-electron chi connectivity index (χ4n) is 1.80. The van der Waals surface area contributed by atoms with Crippen LogP contribution in [0.15, 0.2) is 24.3 Å². The van der Waals surface area contributed by atoms with Gasteiger partial charge in [0.2, 0.25) is 0 Å². The van der Waals surface area contributed by atoms with E-state index >= 15 is 0 Å². The standard InChI is InChI=1S/C12H14O4/c13-12(14)8-16-11-3-1-2-9(6-11)10-4-5-15-7-10/h1-3,6,10H,4-5,7-8H2,(H,13,14). The third kappa shape index (κ3) is 2.73. The molecule has 16 heavy (non-hydrogen) atoms. The van der Waals surface area contributed by atoms with E-state index in [9.17, 15) is 4.79 Å². The molecule has 1 aliphatic rings. The molecule has 0 amide bonds. The first-order chi connectivity index (χ1) is 7.75. The van der Waals surface area contributed by atoms with Crippen molar-refractivity contribution in [3.05, 3.63) is 29.8 Å². The number of benzene rings is 1. The summed E-state index contributed by atoms with van der Waals surface area (Å²) in [6.45, 7) is 1.23. The maximum Gasteiger partial charge on any atom is 0.341 e. The molecule has 1 heterocycles. The van der Waals surface area contributed by atoms with Crippen LogP contribution in [0, 0.1) is 0 Å². The highest BCUT2D eigenvalue weighted by Crippen LogP contribution is 2.27. The maximum atomic E-state index is 10.4. The van der Waals surface area contributed by atoms with Gasteiger partial charge < -0.3 is 14.6 Å². The monoisotopic (exact) mass is 222 g/mol. The number of aliphatic carboxylic acids is 1. The number of carboxylic acid groups (broad SMARTS) is 1. The number of rotatable bonds is 4. The minimum absolute atomic E-state index is 0.301. The van der Waals surface area contributed by atoms with E-state index in [1.54, 1.807) is 6.07 Å². The molecule has 1 aliphatic heterocycles. The van der Waals surface area contributed by atoms with E-state index in [4.69, 9.17) is 14.6 Å². The van der Waals surface area contributed by atoms with Crippen molar-refractivity contribution >= 4 is 5.97 Å². The quantitative estimate of drug-likeness (QED) is 0.841. The Kier molecular flexibility index (Phi) is 3.41. The molecular weight excluding hydrogens is 208 g/mol. The Morgan fingerprint density at radius 3 is 3.12 bits per heavy atom. The molecule has 0 radical (unpaired) electrons. The van der Waals surface area contributed by atoms with E-state index in [-0.39, 0.29) is 6.61 Å². The van der Waals surface area contributed by atoms with Crippen molar-refractivity contribution in [2.45, 2.75) is 12.3 Å². The Labute approximate surface area is 93.8 Å². The summed E-state index contributed by atoms with van der Waals surface area (Å²) < 4.78 is 10.4. The van der Waals surface area contributed by atoms with Gasteiger partial charge in [-0.2, -0.15) is 0 Å². The molecular formula is C12H14O4. The average Bonchev–Trinajstić information content (AvgIpc) is 2.80. The zero-order chi connectivity index (χ0) is 11.4. The van der Waals surface area contributed by atoms with Gasteiger partial charge in [0.25, 0.3) is 0 Å². The van der Waals surface area contributed by atoms with E-state index in [1.807, 2.05) is 18.2 Å². The first-order valence-corrected chi connectivity index (χ1v) is 5.28. The molecule has 86 valence electrons. The Balaban J connectivity index is 2.03. The molecule has 4 heteroatoms. The summed E-state index contributed by atoms with van der Waals surface area (Å²) in [6, 6.07) is 7.56. The Bertz CT molecular complexity index is 369. The summed E-state index contributed by atoms with van der Waals surface area (Å²) in [6.07, 6.45) is 1.02. The van der Waals surface area contributed by atoms with Crippen LogP contribution >= 0.6 is 0 Å². The number of hydrogen-bond donors (Lipinski definition) is 1. The second-order valence-corrected chi connectivity index (χ2v) is 3.82. The van der Waals surface area contributed by atoms with E-state index in [1.165, 1.54) is 0 Å². The van der Waals surface area contributed by atoms with Crippen LogP contribution in [-0.4, -0.2) is 30.9 Å². The Morgan fingerprint density at radius 2 is 2.44 bits per heavy atom. The van der Waals surface area contributed by atoms with Gasteiger partial charge in [0.05, 0.1) is 6.61 Å². The number of hydrogen-bond acceptors (Lipinski definition) is 3. The zero-order valence-electron chi connectivity index (χ0n) is 8.89. The van der Waals surface area contributed by atoms with Crippen molar-refractivity contribution in [1.29, 1.82) is 0 Å². The molecule has 1 unspecified atom stereocenters. The molecule has 1 atom stereocenters. The van der Waals surface area contributed by atoms with Crippen LogP contribution in [0.2, 0.25) is 0 Å². The molecule has 0 spiro atoms. The third-order valence-electron chi connectivity index (χ3n) is 2.62. The predicted octanol–water partition coefficient (Wildman–Crippen LogP) is 1.65. The average molecular weight is 222 g/mol. The fourth-order valence-corrected chi connectivity index (χ4v) is 1.80. The Hall–Kier alpha value is -1.55. The van der Waals surface area contributed by atoms with Crippen molar-refractivity contribution in [3.63, 3.8) is 0 Å². The summed E-state index contributed by atoms with van der Waals surface area (Å²) in [7, 11) is 0. The zero-order valence-corrected chi connectivity index (χ0v) is 8.89. The molecule has 2 rings (SSSR count). The molecule has 1 fully saturated rings. The lowest BCUT2D eigenvalue weighted by Gasteiger charge is -2.10. The Morgan fingerprint density at radius 1 is 1.56 bits per heavy atom. The van der Waals surface area contributed by atoms with Crippen molar-refractivity contribution in [2.75, 3.05) is 19.8 Å². The summed E-state index contributed by atoms with van der Waals surface area (Å²) in [5.74, 6) is 0.0507. The van der Waals surface area contributed by atoms with Crippen LogP contribution in [-0.2, 0) is 9.53 Å². The lowest BCUT2D eigenvalue weighted by Crippen LogP contribution is -2.09. The molecule has 1 saturated heterocycles. The summed E-state index contributed by atoms with van der Waals surface area (Å²) in [5.41, 5.74) is 1.15. The van der Waals surface area contributed by atoms with Crippen LogP contribution in [0.1, 0.15) is 17.9 Å². The van der Waals surface area contributed by atoms with E-state index in [2.05, 4.69) is 0 Å². The van der Waals surface area contributed by atoms with Gasteiger partial charge in [-0.05, 0) is 24.1 Å². The summed E-state index contributed by atoms with van der Waals surface area (Å²) in [5, 5.41) is 8.51. The van der Waals surface area contributed by atoms with Crippen molar-refractivity contribution in [2.24, 2.45) is 0 Å². The largest absolute Gasteiger partial charge is 0.482 e. The van der Waals surface area contributed by atoms with Gasteiger partial charge in [0.1, 0.15) is 5.75 Å². The number of carbonyl (C=O) groups is 1. The second kappa shape index (κ2) is 4.99. The minimum Gasteiger partial charge on any atom is -0.482 e. The van der Waals surface area contributed by atoms with Crippen molar-refractivity contribution in [3.8, 4) is 5.75 Å². The van der Waals surface area contributed by atoms with Crippen LogP contribution in [0.4, 0.5) is 0 Å². The first kappa shape index (κ1) is 11.0. The number of ether oxygens (including phenoxy) is 2.